The third-order valence-electron chi connectivity index (χ3n) is 3.97. The maximum Gasteiger partial charge on any atom is 0.0749 e. The summed E-state index contributed by atoms with van der Waals surface area (Å²) in [6.07, 6.45) is 5.14. The summed E-state index contributed by atoms with van der Waals surface area (Å²) in [6, 6.07) is 6.34. The Morgan fingerprint density at radius 1 is 1.38 bits per heavy atom. The van der Waals surface area contributed by atoms with Crippen LogP contribution in [0.3, 0.4) is 0 Å². The zero-order valence-corrected chi connectivity index (χ0v) is 14.0. The van der Waals surface area contributed by atoms with E-state index in [9.17, 15) is 0 Å². The quantitative estimate of drug-likeness (QED) is 0.774. The van der Waals surface area contributed by atoms with Gasteiger partial charge in [-0.1, -0.05) is 24.6 Å². The van der Waals surface area contributed by atoms with E-state index in [4.69, 9.17) is 16.3 Å². The molecule has 0 aliphatic carbocycles. The molecule has 21 heavy (non-hydrogen) atoms. The molecule has 0 radical (unpaired) electrons. The van der Waals surface area contributed by atoms with Gasteiger partial charge in [-0.25, -0.2) is 0 Å². The first-order valence-corrected chi connectivity index (χ1v) is 8.40. The van der Waals surface area contributed by atoms with Crippen molar-refractivity contribution in [2.24, 2.45) is 0 Å². The lowest BCUT2D eigenvalue weighted by atomic mass is 10.1. The second-order valence-corrected chi connectivity index (χ2v) is 6.23. The molecule has 1 aromatic rings. The molecule has 0 amide bonds. The van der Waals surface area contributed by atoms with Crippen molar-refractivity contribution >= 4 is 17.3 Å². The van der Waals surface area contributed by atoms with Gasteiger partial charge in [-0.2, -0.15) is 0 Å². The number of halogens is 1. The van der Waals surface area contributed by atoms with Crippen molar-refractivity contribution in [2.45, 2.75) is 45.3 Å². The number of benzene rings is 1. The smallest absolute Gasteiger partial charge is 0.0749 e. The lowest BCUT2D eigenvalue weighted by molar-refractivity contribution is 0.0216. The highest BCUT2D eigenvalue weighted by Crippen LogP contribution is 2.24. The summed E-state index contributed by atoms with van der Waals surface area (Å²) in [5.74, 6) is 0. The minimum absolute atomic E-state index is 0.355. The standard InChI is InChI=1S/C17H27ClN2O/c1-3-9-19-12-14-7-8-15(11-17(14)18)20(2)13-16-6-4-5-10-21-16/h7-8,11,16,19H,3-6,9-10,12-13H2,1-2H3. The van der Waals surface area contributed by atoms with E-state index in [0.29, 0.717) is 6.10 Å². The number of nitrogens with one attached hydrogen (secondary N) is 1. The van der Waals surface area contributed by atoms with E-state index < -0.39 is 0 Å². The van der Waals surface area contributed by atoms with E-state index >= 15 is 0 Å². The fourth-order valence-corrected chi connectivity index (χ4v) is 2.92. The first kappa shape index (κ1) is 16.6. The number of rotatable bonds is 7. The van der Waals surface area contributed by atoms with Crippen molar-refractivity contribution in [1.29, 1.82) is 0 Å². The van der Waals surface area contributed by atoms with E-state index in [-0.39, 0.29) is 0 Å². The summed E-state index contributed by atoms with van der Waals surface area (Å²) < 4.78 is 5.80. The van der Waals surface area contributed by atoms with E-state index in [1.54, 1.807) is 0 Å². The molecule has 1 saturated heterocycles. The first-order valence-electron chi connectivity index (χ1n) is 8.02. The van der Waals surface area contributed by atoms with Crippen LogP contribution in [0.15, 0.2) is 18.2 Å². The Hall–Kier alpha value is -0.770. The molecule has 0 bridgehead atoms. The molecule has 1 fully saturated rings. The maximum atomic E-state index is 6.40. The fourth-order valence-electron chi connectivity index (χ4n) is 2.68. The van der Waals surface area contributed by atoms with E-state index in [0.717, 1.165) is 55.4 Å². The summed E-state index contributed by atoms with van der Waals surface area (Å²) >= 11 is 6.40. The Morgan fingerprint density at radius 3 is 2.90 bits per heavy atom. The number of nitrogens with zero attached hydrogens (tertiary/aromatic N) is 1. The van der Waals surface area contributed by atoms with Crippen molar-refractivity contribution in [2.75, 3.05) is 31.6 Å². The van der Waals surface area contributed by atoms with Gasteiger partial charge >= 0.3 is 0 Å². The van der Waals surface area contributed by atoms with Gasteiger partial charge in [0.2, 0.25) is 0 Å². The summed E-state index contributed by atoms with van der Waals surface area (Å²) in [6.45, 7) is 5.87. The minimum Gasteiger partial charge on any atom is -0.376 e. The fraction of sp³-hybridized carbons (Fsp3) is 0.647. The topological polar surface area (TPSA) is 24.5 Å². The van der Waals surface area contributed by atoms with Crippen LogP contribution in [0.1, 0.15) is 38.2 Å². The van der Waals surface area contributed by atoms with Gasteiger partial charge in [-0.3, -0.25) is 0 Å². The molecular formula is C17H27ClN2O. The number of hydrogen-bond donors (Lipinski definition) is 1. The Bertz CT molecular complexity index is 433. The third-order valence-corrected chi connectivity index (χ3v) is 4.32. The van der Waals surface area contributed by atoms with Crippen molar-refractivity contribution < 1.29 is 4.74 Å². The second-order valence-electron chi connectivity index (χ2n) is 5.82. The summed E-state index contributed by atoms with van der Waals surface area (Å²) in [5, 5.41) is 4.23. The first-order chi connectivity index (χ1) is 10.2. The summed E-state index contributed by atoms with van der Waals surface area (Å²) in [7, 11) is 2.11. The van der Waals surface area contributed by atoms with Crippen molar-refractivity contribution in [1.82, 2.24) is 5.32 Å². The predicted octanol–water partition coefficient (Wildman–Crippen LogP) is 3.84. The van der Waals surface area contributed by atoms with Crippen molar-refractivity contribution in [3.05, 3.63) is 28.8 Å². The zero-order valence-electron chi connectivity index (χ0n) is 13.2. The molecule has 3 nitrogen and oxygen atoms in total. The molecule has 1 aliphatic heterocycles. The van der Waals surface area contributed by atoms with Gasteiger partial charge in [0.15, 0.2) is 0 Å². The highest BCUT2D eigenvalue weighted by Gasteiger charge is 2.16. The molecule has 1 atom stereocenters. The molecule has 1 heterocycles. The van der Waals surface area contributed by atoms with E-state index in [1.165, 1.54) is 12.8 Å². The molecule has 0 aromatic heterocycles. The van der Waals surface area contributed by atoms with E-state index in [1.807, 2.05) is 0 Å². The molecule has 118 valence electrons. The highest BCUT2D eigenvalue weighted by molar-refractivity contribution is 6.31. The van der Waals surface area contributed by atoms with Crippen LogP contribution >= 0.6 is 11.6 Å². The predicted molar refractivity (Wildman–Crippen MR) is 90.3 cm³/mol. The molecule has 0 spiro atoms. The van der Waals surface area contributed by atoms with Gasteiger partial charge < -0.3 is 15.0 Å². The molecule has 2 rings (SSSR count). The zero-order chi connectivity index (χ0) is 15.1. The third kappa shape index (κ3) is 5.17. The highest BCUT2D eigenvalue weighted by atomic mass is 35.5. The maximum absolute atomic E-state index is 6.40. The van der Waals surface area contributed by atoms with Crippen LogP contribution in [-0.2, 0) is 11.3 Å². The Morgan fingerprint density at radius 2 is 2.24 bits per heavy atom. The van der Waals surface area contributed by atoms with Crippen LogP contribution in [0.25, 0.3) is 0 Å². The molecular weight excluding hydrogens is 284 g/mol. The Labute approximate surface area is 133 Å². The monoisotopic (exact) mass is 310 g/mol. The lowest BCUT2D eigenvalue weighted by Crippen LogP contribution is -2.33. The average molecular weight is 311 g/mol. The van der Waals surface area contributed by atoms with Crippen molar-refractivity contribution in [3.8, 4) is 0 Å². The van der Waals surface area contributed by atoms with Gasteiger partial charge in [0.1, 0.15) is 0 Å². The van der Waals surface area contributed by atoms with Gasteiger partial charge in [-0.15, -0.1) is 0 Å². The molecule has 1 aromatic carbocycles. The number of ether oxygens (including phenoxy) is 1. The minimum atomic E-state index is 0.355. The Kier molecular flexibility index (Phi) is 6.81. The second kappa shape index (κ2) is 8.62. The number of likely N-dealkylation sites (N-methyl/N-ethyl adjacent to an activating group) is 1. The Balaban J connectivity index is 1.91. The summed E-state index contributed by atoms with van der Waals surface area (Å²) in [5.41, 5.74) is 2.32. The molecule has 0 saturated carbocycles. The molecule has 1 N–H and O–H groups in total. The molecule has 1 unspecified atom stereocenters. The summed E-state index contributed by atoms with van der Waals surface area (Å²) in [4.78, 5) is 2.24. The molecule has 1 aliphatic rings. The largest absolute Gasteiger partial charge is 0.376 e. The SMILES string of the molecule is CCCNCc1ccc(N(C)CC2CCCCO2)cc1Cl. The van der Waals surface area contributed by atoms with Crippen LogP contribution in [-0.4, -0.2) is 32.8 Å². The van der Waals surface area contributed by atoms with Crippen LogP contribution in [0, 0.1) is 0 Å². The van der Waals surface area contributed by atoms with Crippen LogP contribution in [0.5, 0.6) is 0 Å². The normalized spacial score (nSPS) is 18.7. The van der Waals surface area contributed by atoms with Gasteiger partial charge in [0, 0.05) is 37.5 Å². The van der Waals surface area contributed by atoms with Crippen molar-refractivity contribution in [3.63, 3.8) is 0 Å². The lowest BCUT2D eigenvalue weighted by Gasteiger charge is -2.29. The van der Waals surface area contributed by atoms with Crippen LogP contribution in [0.2, 0.25) is 5.02 Å². The van der Waals surface area contributed by atoms with Gasteiger partial charge in [0.05, 0.1) is 6.10 Å². The van der Waals surface area contributed by atoms with Gasteiger partial charge in [-0.05, 0) is 49.9 Å². The number of hydrogen-bond acceptors (Lipinski definition) is 3. The average Bonchev–Trinajstić information content (AvgIpc) is 2.50. The van der Waals surface area contributed by atoms with Crippen LogP contribution < -0.4 is 10.2 Å². The van der Waals surface area contributed by atoms with Crippen LogP contribution in [0.4, 0.5) is 5.69 Å². The number of anilines is 1. The van der Waals surface area contributed by atoms with Gasteiger partial charge in [0.25, 0.3) is 0 Å². The molecule has 4 heteroatoms. The van der Waals surface area contributed by atoms with E-state index in [2.05, 4.69) is 42.4 Å².